The second-order valence-corrected chi connectivity index (χ2v) is 10.1. The maximum Gasteiger partial charge on any atom is 0.171 e. The summed E-state index contributed by atoms with van der Waals surface area (Å²) in [5, 5.41) is 4.29. The molecule has 0 spiro atoms. The van der Waals surface area contributed by atoms with Gasteiger partial charge in [-0.15, -0.1) is 0 Å². The highest BCUT2D eigenvalue weighted by atomic mass is 16.5. The Bertz CT molecular complexity index is 1650. The van der Waals surface area contributed by atoms with Gasteiger partial charge in [0.05, 0.1) is 50.5 Å². The zero-order valence-corrected chi connectivity index (χ0v) is 23.7. The lowest BCUT2D eigenvalue weighted by Gasteiger charge is -2.29. The molecule has 4 heterocycles. The van der Waals surface area contributed by atoms with Gasteiger partial charge in [0.1, 0.15) is 11.5 Å². The fourth-order valence-electron chi connectivity index (χ4n) is 5.38. The van der Waals surface area contributed by atoms with Gasteiger partial charge in [-0.25, -0.2) is 9.97 Å². The largest absolute Gasteiger partial charge is 0.497 e. The quantitative estimate of drug-likeness (QED) is 0.248. The third kappa shape index (κ3) is 5.45. The van der Waals surface area contributed by atoms with Crippen molar-refractivity contribution in [1.82, 2.24) is 24.7 Å². The van der Waals surface area contributed by atoms with Crippen LogP contribution in [0.5, 0.6) is 17.2 Å². The normalized spacial score (nSPS) is 14.8. The van der Waals surface area contributed by atoms with E-state index in [1.54, 1.807) is 38.4 Å². The van der Waals surface area contributed by atoms with Gasteiger partial charge < -0.3 is 24.0 Å². The minimum atomic E-state index is 0.377. The lowest BCUT2D eigenvalue weighted by Crippen LogP contribution is -2.28. The number of fused-ring (bicyclic) bond motifs is 1. The first-order valence-corrected chi connectivity index (χ1v) is 13.5. The summed E-state index contributed by atoms with van der Waals surface area (Å²) in [5.41, 5.74) is 5.35. The van der Waals surface area contributed by atoms with Crippen molar-refractivity contribution in [1.29, 1.82) is 0 Å². The molecule has 1 atom stereocenters. The van der Waals surface area contributed by atoms with Crippen LogP contribution in [0.15, 0.2) is 73.3 Å². The van der Waals surface area contributed by atoms with E-state index in [1.165, 1.54) is 0 Å². The smallest absolute Gasteiger partial charge is 0.171 e. The van der Waals surface area contributed by atoms with Gasteiger partial charge in [-0.1, -0.05) is 0 Å². The first kappa shape index (κ1) is 26.4. The van der Waals surface area contributed by atoms with E-state index in [0.29, 0.717) is 5.92 Å². The van der Waals surface area contributed by atoms with Crippen molar-refractivity contribution in [3.8, 4) is 28.5 Å². The van der Waals surface area contributed by atoms with Crippen molar-refractivity contribution in [2.24, 2.45) is 13.0 Å². The van der Waals surface area contributed by atoms with E-state index in [1.807, 2.05) is 55.8 Å². The van der Waals surface area contributed by atoms with Crippen LogP contribution in [0.1, 0.15) is 6.42 Å². The maximum absolute atomic E-state index is 5.62. The van der Waals surface area contributed by atoms with Gasteiger partial charge in [0.25, 0.3) is 0 Å². The summed E-state index contributed by atoms with van der Waals surface area (Å²) >= 11 is 0. The molecule has 210 valence electrons. The average Bonchev–Trinajstić information content (AvgIpc) is 3.68. The number of aryl methyl sites for hydroxylation is 1. The Labute approximate surface area is 239 Å². The Balaban J connectivity index is 1.36. The van der Waals surface area contributed by atoms with E-state index in [2.05, 4.69) is 37.0 Å². The van der Waals surface area contributed by atoms with E-state index in [-0.39, 0.29) is 0 Å². The number of hydrogen-bond acceptors (Lipinski definition) is 9. The predicted molar refractivity (Wildman–Crippen MR) is 159 cm³/mol. The zero-order chi connectivity index (χ0) is 28.3. The van der Waals surface area contributed by atoms with Crippen LogP contribution >= 0.6 is 0 Å². The van der Waals surface area contributed by atoms with Crippen molar-refractivity contribution in [3.05, 3.63) is 73.3 Å². The summed E-state index contributed by atoms with van der Waals surface area (Å²) in [6.45, 7) is 2.55. The van der Waals surface area contributed by atoms with E-state index in [0.717, 1.165) is 82.8 Å². The monoisotopic (exact) mass is 551 g/mol. The van der Waals surface area contributed by atoms with Crippen LogP contribution in [0.2, 0.25) is 0 Å². The van der Waals surface area contributed by atoms with Crippen LogP contribution in [-0.2, 0) is 7.05 Å². The van der Waals surface area contributed by atoms with Crippen LogP contribution < -0.4 is 24.0 Å². The van der Waals surface area contributed by atoms with E-state index < -0.39 is 0 Å². The molecular formula is C31H33N7O3. The van der Waals surface area contributed by atoms with Gasteiger partial charge in [-0.2, -0.15) is 5.10 Å². The molecule has 2 aromatic carbocycles. The lowest BCUT2D eigenvalue weighted by molar-refractivity contribution is 0.394. The van der Waals surface area contributed by atoms with Crippen LogP contribution in [0.3, 0.4) is 0 Å². The second kappa shape index (κ2) is 11.3. The highest BCUT2D eigenvalue weighted by molar-refractivity contribution is 5.82. The number of pyridine rings is 1. The Morgan fingerprint density at radius 2 is 1.73 bits per heavy atom. The zero-order valence-electron chi connectivity index (χ0n) is 23.7. The molecule has 1 unspecified atom stereocenters. The number of nitrogens with zero attached hydrogens (tertiary/aromatic N) is 7. The highest BCUT2D eigenvalue weighted by Crippen LogP contribution is 2.37. The maximum atomic E-state index is 5.62. The predicted octanol–water partition coefficient (Wildman–Crippen LogP) is 5.12. The van der Waals surface area contributed by atoms with Crippen LogP contribution in [0.4, 0.5) is 17.2 Å². The second-order valence-electron chi connectivity index (χ2n) is 10.1. The molecule has 41 heavy (non-hydrogen) atoms. The summed E-state index contributed by atoms with van der Waals surface area (Å²) in [7, 11) is 6.92. The fraction of sp³-hybridized carbons (Fsp3) is 0.290. The molecule has 10 nitrogen and oxygen atoms in total. The molecule has 1 aliphatic heterocycles. The third-order valence-electron chi connectivity index (χ3n) is 7.48. The molecule has 0 aliphatic carbocycles. The standard InChI is InChI=1S/C31H33N7O3/c1-36-20-22(16-34-36)29-17-33-27-8-7-23(14-28(27)35-29)38(24-12-25(39-2)15-26(13-24)40-3)19-21-9-11-37(18-21)31-30(41-4)6-5-10-32-31/h5-8,10,12-17,20-21H,9,11,18-19H2,1-4H3. The summed E-state index contributed by atoms with van der Waals surface area (Å²) in [5.74, 6) is 3.52. The number of hydrogen-bond donors (Lipinski definition) is 0. The Morgan fingerprint density at radius 1 is 0.902 bits per heavy atom. The molecule has 6 rings (SSSR count). The number of benzene rings is 2. The first-order valence-electron chi connectivity index (χ1n) is 13.5. The number of methoxy groups -OCH3 is 3. The third-order valence-corrected chi connectivity index (χ3v) is 7.48. The van der Waals surface area contributed by atoms with E-state index in [4.69, 9.17) is 19.2 Å². The fourth-order valence-corrected chi connectivity index (χ4v) is 5.38. The van der Waals surface area contributed by atoms with Gasteiger partial charge in [0.2, 0.25) is 0 Å². The number of rotatable bonds is 9. The summed E-state index contributed by atoms with van der Waals surface area (Å²) in [4.78, 5) is 18.8. The van der Waals surface area contributed by atoms with Gasteiger partial charge in [0, 0.05) is 74.2 Å². The van der Waals surface area contributed by atoms with Crippen molar-refractivity contribution in [3.63, 3.8) is 0 Å². The molecule has 1 fully saturated rings. The first-order chi connectivity index (χ1) is 20.0. The van der Waals surface area contributed by atoms with Gasteiger partial charge in [-0.3, -0.25) is 9.67 Å². The molecule has 0 radical (unpaired) electrons. The van der Waals surface area contributed by atoms with E-state index >= 15 is 0 Å². The number of ether oxygens (including phenoxy) is 3. The topological polar surface area (TPSA) is 90.7 Å². The van der Waals surface area contributed by atoms with Crippen LogP contribution in [-0.4, -0.2) is 65.7 Å². The molecule has 0 N–H and O–H groups in total. The SMILES string of the molecule is COc1cc(OC)cc(N(CC2CCN(c3ncccc3OC)C2)c2ccc3ncc(-c4cnn(C)c4)nc3c2)c1. The van der Waals surface area contributed by atoms with Gasteiger partial charge in [0.15, 0.2) is 11.6 Å². The molecule has 1 aliphatic rings. The number of anilines is 3. The highest BCUT2D eigenvalue weighted by Gasteiger charge is 2.28. The van der Waals surface area contributed by atoms with Crippen molar-refractivity contribution in [2.45, 2.75) is 6.42 Å². The minimum Gasteiger partial charge on any atom is -0.497 e. The Hall–Kier alpha value is -4.86. The molecule has 1 saturated heterocycles. The lowest BCUT2D eigenvalue weighted by atomic mass is 10.1. The van der Waals surface area contributed by atoms with Gasteiger partial charge in [-0.05, 0) is 42.7 Å². The minimum absolute atomic E-state index is 0.377. The van der Waals surface area contributed by atoms with Crippen molar-refractivity contribution < 1.29 is 14.2 Å². The van der Waals surface area contributed by atoms with E-state index in [9.17, 15) is 0 Å². The Kier molecular flexibility index (Phi) is 7.28. The Morgan fingerprint density at radius 3 is 2.46 bits per heavy atom. The molecule has 10 heteroatoms. The van der Waals surface area contributed by atoms with Crippen molar-refractivity contribution in [2.75, 3.05) is 50.8 Å². The summed E-state index contributed by atoms with van der Waals surface area (Å²) < 4.78 is 18.6. The average molecular weight is 552 g/mol. The van der Waals surface area contributed by atoms with Crippen LogP contribution in [0.25, 0.3) is 22.3 Å². The number of aromatic nitrogens is 5. The molecule has 5 aromatic rings. The summed E-state index contributed by atoms with van der Waals surface area (Å²) in [6.07, 6.45) is 8.38. The molecule has 3 aromatic heterocycles. The molecule has 0 saturated carbocycles. The summed E-state index contributed by atoms with van der Waals surface area (Å²) in [6, 6.07) is 16.0. The van der Waals surface area contributed by atoms with Gasteiger partial charge >= 0.3 is 0 Å². The molecule has 0 bridgehead atoms. The molecular weight excluding hydrogens is 518 g/mol. The van der Waals surface area contributed by atoms with Crippen molar-refractivity contribution >= 4 is 28.2 Å². The molecule has 0 amide bonds. The van der Waals surface area contributed by atoms with Crippen LogP contribution in [0, 0.1) is 5.92 Å².